The van der Waals surface area contributed by atoms with Crippen LogP contribution in [0.3, 0.4) is 0 Å². The van der Waals surface area contributed by atoms with E-state index < -0.39 is 11.7 Å². The molecule has 0 spiro atoms. The lowest BCUT2D eigenvalue weighted by atomic mass is 9.98. The second kappa shape index (κ2) is 6.92. The lowest BCUT2D eigenvalue weighted by Crippen LogP contribution is -2.07. The number of aryl methyl sites for hydroxylation is 1. The molecule has 28 heavy (non-hydrogen) atoms. The van der Waals surface area contributed by atoms with Gasteiger partial charge in [-0.2, -0.15) is 28.5 Å². The van der Waals surface area contributed by atoms with E-state index in [1.807, 2.05) is 0 Å². The fraction of sp³-hybridized carbons (Fsp3) is 0.278. The van der Waals surface area contributed by atoms with E-state index in [1.165, 1.54) is 12.4 Å². The molecule has 0 bridgehead atoms. The molecule has 10 heteroatoms. The first-order valence-corrected chi connectivity index (χ1v) is 8.59. The highest BCUT2D eigenvalue weighted by Crippen LogP contribution is 2.33. The van der Waals surface area contributed by atoms with Gasteiger partial charge < -0.3 is 5.32 Å². The number of nitrogens with one attached hydrogen (secondary N) is 2. The topological polar surface area (TPSA) is 103 Å². The number of aromatic nitrogens is 5. The number of nitrogens with zero attached hydrogens (tertiary/aromatic N) is 5. The van der Waals surface area contributed by atoms with Crippen LogP contribution in [-0.2, 0) is 19.0 Å². The molecule has 0 fully saturated rings. The molecule has 0 saturated heterocycles. The van der Waals surface area contributed by atoms with Crippen molar-refractivity contribution in [3.63, 3.8) is 0 Å². The molecule has 0 unspecified atom stereocenters. The number of fused-ring (bicyclic) bond motifs is 1. The van der Waals surface area contributed by atoms with Crippen LogP contribution in [0.25, 0.3) is 11.4 Å². The maximum atomic E-state index is 12.9. The van der Waals surface area contributed by atoms with Gasteiger partial charge in [0, 0.05) is 16.8 Å². The minimum atomic E-state index is -4.53. The third-order valence-corrected chi connectivity index (χ3v) is 4.57. The van der Waals surface area contributed by atoms with Crippen molar-refractivity contribution in [3.8, 4) is 17.5 Å². The van der Waals surface area contributed by atoms with Crippen molar-refractivity contribution >= 4 is 11.8 Å². The van der Waals surface area contributed by atoms with E-state index in [-0.39, 0.29) is 22.9 Å². The van der Waals surface area contributed by atoms with E-state index in [0.717, 1.165) is 49.1 Å². The van der Waals surface area contributed by atoms with Crippen molar-refractivity contribution in [2.45, 2.75) is 31.9 Å². The fourth-order valence-electron chi connectivity index (χ4n) is 3.18. The number of hydrogen-bond acceptors (Lipinski definition) is 6. The average Bonchev–Trinajstić information content (AvgIpc) is 3.10. The summed E-state index contributed by atoms with van der Waals surface area (Å²) in [6.45, 7) is 0. The fourth-order valence-corrected chi connectivity index (χ4v) is 3.18. The summed E-state index contributed by atoms with van der Waals surface area (Å²) >= 11 is 0. The minimum absolute atomic E-state index is 0.104. The molecule has 1 aliphatic rings. The highest BCUT2D eigenvalue weighted by atomic mass is 19.4. The van der Waals surface area contributed by atoms with Crippen LogP contribution >= 0.6 is 0 Å². The summed E-state index contributed by atoms with van der Waals surface area (Å²) in [7, 11) is 0. The van der Waals surface area contributed by atoms with Crippen molar-refractivity contribution in [2.24, 2.45) is 0 Å². The molecule has 2 N–H and O–H groups in total. The normalized spacial score (nSPS) is 13.6. The molecule has 2 aromatic heterocycles. The van der Waals surface area contributed by atoms with E-state index in [1.54, 1.807) is 6.07 Å². The van der Waals surface area contributed by atoms with Crippen LogP contribution in [0.5, 0.6) is 0 Å². The van der Waals surface area contributed by atoms with Crippen LogP contribution in [-0.4, -0.2) is 25.1 Å². The second-order valence-electron chi connectivity index (χ2n) is 6.36. The molecular weight excluding hydrogens is 371 g/mol. The Balaban J connectivity index is 1.66. The smallest absolute Gasteiger partial charge is 0.307 e. The van der Waals surface area contributed by atoms with Gasteiger partial charge in [0.25, 0.3) is 0 Å². The van der Waals surface area contributed by atoms with E-state index in [4.69, 9.17) is 0 Å². The van der Waals surface area contributed by atoms with Crippen LogP contribution in [0.4, 0.5) is 24.9 Å². The number of H-pyrrole nitrogens is 1. The van der Waals surface area contributed by atoms with Gasteiger partial charge in [0.2, 0.25) is 5.95 Å². The molecule has 0 atom stereocenters. The van der Waals surface area contributed by atoms with Crippen LogP contribution in [0.1, 0.15) is 35.2 Å². The molecule has 7 nitrogen and oxygen atoms in total. The Morgan fingerprint density at radius 1 is 1.14 bits per heavy atom. The number of alkyl halides is 3. The lowest BCUT2D eigenvalue weighted by molar-refractivity contribution is -0.137. The van der Waals surface area contributed by atoms with Crippen LogP contribution in [0.2, 0.25) is 0 Å². The summed E-state index contributed by atoms with van der Waals surface area (Å²) in [5.74, 6) is 0.931. The third kappa shape index (κ3) is 3.38. The number of aromatic amines is 1. The molecule has 4 rings (SSSR count). The predicted octanol–water partition coefficient (Wildman–Crippen LogP) is 3.77. The molecule has 2 heterocycles. The molecule has 1 aliphatic carbocycles. The molecule has 0 amide bonds. The van der Waals surface area contributed by atoms with Gasteiger partial charge >= 0.3 is 6.18 Å². The zero-order valence-electron chi connectivity index (χ0n) is 14.5. The Morgan fingerprint density at radius 3 is 2.75 bits per heavy atom. The Hall–Kier alpha value is -3.48. The van der Waals surface area contributed by atoms with Gasteiger partial charge in [-0.25, -0.2) is 9.97 Å². The number of hydrogen-bond donors (Lipinski definition) is 2. The zero-order chi connectivity index (χ0) is 19.7. The number of nitriles is 1. The van der Waals surface area contributed by atoms with E-state index >= 15 is 0 Å². The summed E-state index contributed by atoms with van der Waals surface area (Å²) in [5.41, 5.74) is 1.30. The van der Waals surface area contributed by atoms with Gasteiger partial charge in [0.05, 0.1) is 17.2 Å². The number of anilines is 2. The van der Waals surface area contributed by atoms with Crippen molar-refractivity contribution < 1.29 is 13.2 Å². The van der Waals surface area contributed by atoms with Gasteiger partial charge in [-0.05, 0) is 43.9 Å². The van der Waals surface area contributed by atoms with Crippen LogP contribution in [0.15, 0.2) is 24.5 Å². The Labute approximate surface area is 157 Å². The summed E-state index contributed by atoms with van der Waals surface area (Å²) in [5, 5.41) is 19.5. The molecule has 3 aromatic rings. The van der Waals surface area contributed by atoms with Crippen LogP contribution < -0.4 is 5.32 Å². The monoisotopic (exact) mass is 385 g/mol. The number of halogens is 3. The largest absolute Gasteiger partial charge is 0.416 e. The molecule has 1 aromatic carbocycles. The SMILES string of the molecule is N#Cc1cc(C(F)(F)F)ccc1-c1ncnc(Nc2n[nH]c3c2CCCC3)n1. The number of rotatable bonds is 3. The summed E-state index contributed by atoms with van der Waals surface area (Å²) < 4.78 is 38.6. The summed E-state index contributed by atoms with van der Waals surface area (Å²) in [6.07, 6.45) is 0.709. The average molecular weight is 385 g/mol. The highest BCUT2D eigenvalue weighted by molar-refractivity contribution is 5.66. The molecule has 0 aliphatic heterocycles. The van der Waals surface area contributed by atoms with Crippen molar-refractivity contribution in [3.05, 3.63) is 46.9 Å². The first-order chi connectivity index (χ1) is 13.5. The molecule has 0 saturated carbocycles. The second-order valence-corrected chi connectivity index (χ2v) is 6.36. The zero-order valence-corrected chi connectivity index (χ0v) is 14.5. The van der Waals surface area contributed by atoms with Crippen molar-refractivity contribution in [1.29, 1.82) is 5.26 Å². The molecular formula is C18H14F3N7. The molecule has 142 valence electrons. The maximum absolute atomic E-state index is 12.9. The van der Waals surface area contributed by atoms with Gasteiger partial charge in [-0.1, -0.05) is 0 Å². The van der Waals surface area contributed by atoms with E-state index in [0.29, 0.717) is 5.82 Å². The Bertz CT molecular complexity index is 1070. The number of benzene rings is 1. The summed E-state index contributed by atoms with van der Waals surface area (Å²) in [6, 6.07) is 4.65. The van der Waals surface area contributed by atoms with Crippen molar-refractivity contribution in [2.75, 3.05) is 5.32 Å². The van der Waals surface area contributed by atoms with E-state index in [9.17, 15) is 18.4 Å². The third-order valence-electron chi connectivity index (χ3n) is 4.57. The summed E-state index contributed by atoms with van der Waals surface area (Å²) in [4.78, 5) is 12.3. The standard InChI is InChI=1S/C18H14F3N7/c19-18(20,21)11-5-6-12(10(7-11)8-22)15-23-9-24-17(25-15)26-16-13-3-1-2-4-14(13)27-28-16/h5-7,9H,1-4H2,(H2,23,24,25,26,27,28). The van der Waals surface area contributed by atoms with Gasteiger partial charge in [0.1, 0.15) is 6.33 Å². The van der Waals surface area contributed by atoms with Crippen molar-refractivity contribution in [1.82, 2.24) is 25.1 Å². The molecule has 0 radical (unpaired) electrons. The lowest BCUT2D eigenvalue weighted by Gasteiger charge is -2.12. The first-order valence-electron chi connectivity index (χ1n) is 8.59. The van der Waals surface area contributed by atoms with E-state index in [2.05, 4.69) is 30.5 Å². The quantitative estimate of drug-likeness (QED) is 0.711. The van der Waals surface area contributed by atoms with Crippen LogP contribution in [0, 0.1) is 11.3 Å². The van der Waals surface area contributed by atoms with Gasteiger partial charge in [0.15, 0.2) is 11.6 Å². The Morgan fingerprint density at radius 2 is 1.96 bits per heavy atom. The Kier molecular flexibility index (Phi) is 4.43. The maximum Gasteiger partial charge on any atom is 0.416 e. The first kappa shape index (κ1) is 17.9. The minimum Gasteiger partial charge on any atom is -0.307 e. The predicted molar refractivity (Wildman–Crippen MR) is 93.5 cm³/mol. The van der Waals surface area contributed by atoms with Gasteiger partial charge in [-0.3, -0.25) is 5.10 Å². The van der Waals surface area contributed by atoms with Gasteiger partial charge in [-0.15, -0.1) is 0 Å². The highest BCUT2D eigenvalue weighted by Gasteiger charge is 2.31.